The second-order valence-electron chi connectivity index (χ2n) is 5.48. The van der Waals surface area contributed by atoms with Gasteiger partial charge in [-0.05, 0) is 31.5 Å². The molecule has 0 aliphatic carbocycles. The molecule has 1 aromatic rings. The lowest BCUT2D eigenvalue weighted by Gasteiger charge is -2.29. The first kappa shape index (κ1) is 18.3. The SMILES string of the molecule is O=C(CN1CCC[C@H]1[C@@H](O)C(F)(F)F)NC(=O)NCc1ccco1. The summed E-state index contributed by atoms with van der Waals surface area (Å²) in [6, 6.07) is 1.32. The van der Waals surface area contributed by atoms with Gasteiger partial charge < -0.3 is 14.8 Å². The molecule has 3 N–H and O–H groups in total. The van der Waals surface area contributed by atoms with Crippen LogP contribution in [0, 0.1) is 0 Å². The van der Waals surface area contributed by atoms with Crippen LogP contribution in [0.3, 0.4) is 0 Å². The highest BCUT2D eigenvalue weighted by molar-refractivity contribution is 5.95. The molecule has 1 saturated heterocycles. The summed E-state index contributed by atoms with van der Waals surface area (Å²) in [6.07, 6.45) is -5.25. The van der Waals surface area contributed by atoms with E-state index in [0.29, 0.717) is 12.2 Å². The average Bonchev–Trinajstić information content (AvgIpc) is 3.14. The van der Waals surface area contributed by atoms with E-state index in [9.17, 15) is 27.9 Å². The Labute approximate surface area is 135 Å². The summed E-state index contributed by atoms with van der Waals surface area (Å²) in [5.41, 5.74) is 0. The van der Waals surface area contributed by atoms with Crippen LogP contribution in [0.1, 0.15) is 18.6 Å². The van der Waals surface area contributed by atoms with Crippen LogP contribution in [0.15, 0.2) is 22.8 Å². The lowest BCUT2D eigenvalue weighted by Crippen LogP contribution is -2.51. The van der Waals surface area contributed by atoms with Crippen molar-refractivity contribution in [2.75, 3.05) is 13.1 Å². The van der Waals surface area contributed by atoms with Crippen LogP contribution >= 0.6 is 0 Å². The van der Waals surface area contributed by atoms with E-state index >= 15 is 0 Å². The van der Waals surface area contributed by atoms with E-state index in [-0.39, 0.29) is 19.5 Å². The number of halogens is 3. The maximum absolute atomic E-state index is 12.6. The predicted molar refractivity (Wildman–Crippen MR) is 75.7 cm³/mol. The van der Waals surface area contributed by atoms with Crippen LogP contribution < -0.4 is 10.6 Å². The summed E-state index contributed by atoms with van der Waals surface area (Å²) < 4.78 is 42.8. The van der Waals surface area contributed by atoms with Crippen LogP contribution in [0.4, 0.5) is 18.0 Å². The molecular weight excluding hydrogens is 331 g/mol. The fourth-order valence-corrected chi connectivity index (χ4v) is 2.60. The number of carbonyl (C=O) groups excluding carboxylic acids is 2. The molecule has 2 rings (SSSR count). The largest absolute Gasteiger partial charge is 0.467 e. The molecule has 0 aromatic carbocycles. The molecule has 0 bridgehead atoms. The number of carbonyl (C=O) groups is 2. The number of hydrogen-bond donors (Lipinski definition) is 3. The fourth-order valence-electron chi connectivity index (χ4n) is 2.60. The zero-order valence-corrected chi connectivity index (χ0v) is 12.7. The molecule has 0 unspecified atom stereocenters. The third-order valence-corrected chi connectivity index (χ3v) is 3.72. The molecule has 1 aromatic heterocycles. The van der Waals surface area contributed by atoms with Gasteiger partial charge in [0.2, 0.25) is 5.91 Å². The van der Waals surface area contributed by atoms with Crippen LogP contribution in [0.25, 0.3) is 0 Å². The minimum absolute atomic E-state index is 0.0746. The van der Waals surface area contributed by atoms with E-state index in [1.807, 2.05) is 5.32 Å². The van der Waals surface area contributed by atoms with E-state index in [4.69, 9.17) is 4.42 Å². The van der Waals surface area contributed by atoms with Gasteiger partial charge in [-0.2, -0.15) is 13.2 Å². The van der Waals surface area contributed by atoms with E-state index in [0.717, 1.165) is 0 Å². The average molecular weight is 349 g/mol. The Morgan fingerprint density at radius 3 is 2.83 bits per heavy atom. The Morgan fingerprint density at radius 1 is 1.46 bits per heavy atom. The maximum Gasteiger partial charge on any atom is 0.415 e. The highest BCUT2D eigenvalue weighted by atomic mass is 19.4. The monoisotopic (exact) mass is 349 g/mol. The third kappa shape index (κ3) is 4.96. The van der Waals surface area contributed by atoms with E-state index in [1.54, 1.807) is 12.1 Å². The van der Waals surface area contributed by atoms with Crippen LogP contribution in [-0.2, 0) is 11.3 Å². The first-order valence-corrected chi connectivity index (χ1v) is 7.36. The smallest absolute Gasteiger partial charge is 0.415 e. The van der Waals surface area contributed by atoms with Gasteiger partial charge in [0.1, 0.15) is 5.76 Å². The Morgan fingerprint density at radius 2 is 2.21 bits per heavy atom. The first-order chi connectivity index (χ1) is 11.3. The molecule has 1 aliphatic heterocycles. The minimum Gasteiger partial charge on any atom is -0.467 e. The number of rotatable bonds is 5. The van der Waals surface area contributed by atoms with E-state index in [1.165, 1.54) is 11.2 Å². The van der Waals surface area contributed by atoms with Crippen molar-refractivity contribution in [3.05, 3.63) is 24.2 Å². The number of alkyl halides is 3. The molecule has 10 heteroatoms. The van der Waals surface area contributed by atoms with Gasteiger partial charge in [-0.15, -0.1) is 0 Å². The highest BCUT2D eigenvalue weighted by Gasteiger charge is 2.47. The first-order valence-electron chi connectivity index (χ1n) is 7.36. The number of urea groups is 1. The summed E-state index contributed by atoms with van der Waals surface area (Å²) in [5, 5.41) is 13.8. The Hall–Kier alpha value is -2.07. The Balaban J connectivity index is 1.79. The highest BCUT2D eigenvalue weighted by Crippen LogP contribution is 2.30. The lowest BCUT2D eigenvalue weighted by atomic mass is 10.1. The number of nitrogens with one attached hydrogen (secondary N) is 2. The number of likely N-dealkylation sites (tertiary alicyclic amines) is 1. The van der Waals surface area contributed by atoms with Crippen molar-refractivity contribution in [3.63, 3.8) is 0 Å². The van der Waals surface area contributed by atoms with Crippen molar-refractivity contribution in [2.45, 2.75) is 37.7 Å². The summed E-state index contributed by atoms with van der Waals surface area (Å²) in [6.45, 7) is -0.0730. The molecule has 0 radical (unpaired) electrons. The van der Waals surface area contributed by atoms with Crippen molar-refractivity contribution >= 4 is 11.9 Å². The van der Waals surface area contributed by atoms with Gasteiger partial charge in [-0.1, -0.05) is 0 Å². The number of amides is 3. The maximum atomic E-state index is 12.6. The zero-order valence-electron chi connectivity index (χ0n) is 12.7. The van der Waals surface area contributed by atoms with Crippen LogP contribution in [-0.4, -0.2) is 53.4 Å². The number of nitrogens with zero attached hydrogens (tertiary/aromatic N) is 1. The molecular formula is C14H18F3N3O4. The molecule has 1 fully saturated rings. The number of furan rings is 1. The zero-order chi connectivity index (χ0) is 17.7. The van der Waals surface area contributed by atoms with Gasteiger partial charge in [0.25, 0.3) is 0 Å². The molecule has 3 amide bonds. The fraction of sp³-hybridized carbons (Fsp3) is 0.571. The van der Waals surface area contributed by atoms with Crippen molar-refractivity contribution in [3.8, 4) is 0 Å². The molecule has 7 nitrogen and oxygen atoms in total. The van der Waals surface area contributed by atoms with E-state index in [2.05, 4.69) is 5.32 Å². The van der Waals surface area contributed by atoms with Gasteiger partial charge in [0, 0.05) is 6.04 Å². The molecule has 2 atom stereocenters. The number of aliphatic hydroxyl groups excluding tert-OH is 1. The predicted octanol–water partition coefficient (Wildman–Crippen LogP) is 0.993. The van der Waals surface area contributed by atoms with Gasteiger partial charge in [-0.3, -0.25) is 15.0 Å². The minimum atomic E-state index is -4.75. The molecule has 0 saturated carbocycles. The van der Waals surface area contributed by atoms with Crippen molar-refractivity contribution in [2.24, 2.45) is 0 Å². The van der Waals surface area contributed by atoms with Gasteiger partial charge in [-0.25, -0.2) is 4.79 Å². The molecule has 134 valence electrons. The van der Waals surface area contributed by atoms with Gasteiger partial charge >= 0.3 is 12.2 Å². The number of hydrogen-bond acceptors (Lipinski definition) is 5. The van der Waals surface area contributed by atoms with Crippen molar-refractivity contribution < 1.29 is 32.3 Å². The van der Waals surface area contributed by atoms with Crippen LogP contribution in [0.5, 0.6) is 0 Å². The quantitative estimate of drug-likeness (QED) is 0.737. The molecule has 2 heterocycles. The standard InChI is InChI=1S/C14H18F3N3O4/c15-14(16,17)12(22)10-4-1-5-20(10)8-11(21)19-13(23)18-7-9-3-2-6-24-9/h2-3,6,10,12,22H,1,4-5,7-8H2,(H2,18,19,21,23)/t10-,12+/m0/s1. The van der Waals surface area contributed by atoms with Crippen molar-refractivity contribution in [1.82, 2.24) is 15.5 Å². The topological polar surface area (TPSA) is 94.8 Å². The second-order valence-corrected chi connectivity index (χ2v) is 5.48. The second kappa shape index (κ2) is 7.67. The van der Waals surface area contributed by atoms with Crippen LogP contribution in [0.2, 0.25) is 0 Å². The molecule has 24 heavy (non-hydrogen) atoms. The van der Waals surface area contributed by atoms with E-state index < -0.39 is 36.8 Å². The Kier molecular flexibility index (Phi) is 5.84. The summed E-state index contributed by atoms with van der Waals surface area (Å²) in [4.78, 5) is 24.6. The normalized spacial score (nSPS) is 19.9. The molecule has 1 aliphatic rings. The van der Waals surface area contributed by atoms with Crippen molar-refractivity contribution in [1.29, 1.82) is 0 Å². The summed E-state index contributed by atoms with van der Waals surface area (Å²) in [7, 11) is 0. The number of imide groups is 1. The summed E-state index contributed by atoms with van der Waals surface area (Å²) >= 11 is 0. The molecule has 0 spiro atoms. The number of aliphatic hydroxyl groups is 1. The Bertz CT molecular complexity index is 562. The van der Waals surface area contributed by atoms with Gasteiger partial charge in [0.05, 0.1) is 19.4 Å². The third-order valence-electron chi connectivity index (χ3n) is 3.72. The van der Waals surface area contributed by atoms with Gasteiger partial charge in [0.15, 0.2) is 6.10 Å². The summed E-state index contributed by atoms with van der Waals surface area (Å²) in [5.74, 6) is -0.251. The lowest BCUT2D eigenvalue weighted by molar-refractivity contribution is -0.219.